The largest absolute Gasteiger partial charge is 0.479 e. The minimum absolute atomic E-state index is 0.346. The van der Waals surface area contributed by atoms with Gasteiger partial charge in [-0.3, -0.25) is 0 Å². The van der Waals surface area contributed by atoms with Gasteiger partial charge in [-0.2, -0.15) is 0 Å². The second-order valence-electron chi connectivity index (χ2n) is 7.64. The fraction of sp³-hybridized carbons (Fsp3) is 0.650. The first-order valence-corrected chi connectivity index (χ1v) is 9.31. The van der Waals surface area contributed by atoms with E-state index in [0.717, 1.165) is 10.9 Å². The highest BCUT2D eigenvalue weighted by Crippen LogP contribution is 2.49. The van der Waals surface area contributed by atoms with Crippen LogP contribution >= 0.6 is 11.6 Å². The summed E-state index contributed by atoms with van der Waals surface area (Å²) in [6, 6.07) is 9.18. The Kier molecular flexibility index (Phi) is 8.39. The number of rotatable bonds is 6. The van der Waals surface area contributed by atoms with Gasteiger partial charge in [0.25, 0.3) is 0 Å². The van der Waals surface area contributed by atoms with Crippen molar-refractivity contribution in [3.63, 3.8) is 0 Å². The smallest absolute Gasteiger partial charge is 0.332 e. The quantitative estimate of drug-likeness (QED) is 0.789. The van der Waals surface area contributed by atoms with Crippen LogP contribution in [0, 0.1) is 5.92 Å². The van der Waals surface area contributed by atoms with E-state index >= 15 is 0 Å². The van der Waals surface area contributed by atoms with Crippen LogP contribution in [-0.4, -0.2) is 47.3 Å². The molecule has 0 bridgehead atoms. The van der Waals surface area contributed by atoms with E-state index in [9.17, 15) is 4.79 Å². The van der Waals surface area contributed by atoms with Gasteiger partial charge in [-0.05, 0) is 63.9 Å². The Balaban J connectivity index is 0.000000450. The summed E-state index contributed by atoms with van der Waals surface area (Å²) in [5.74, 6) is -0.452. The molecule has 5 heteroatoms. The van der Waals surface area contributed by atoms with Crippen LogP contribution in [0.1, 0.15) is 52.0 Å². The summed E-state index contributed by atoms with van der Waals surface area (Å²) in [7, 11) is 4.45. The third-order valence-electron chi connectivity index (χ3n) is 4.98. The first-order valence-electron chi connectivity index (χ1n) is 8.93. The van der Waals surface area contributed by atoms with Crippen molar-refractivity contribution in [2.24, 2.45) is 5.92 Å². The lowest BCUT2D eigenvalue weighted by molar-refractivity contribution is -0.145. The molecule has 1 aromatic rings. The number of likely N-dealkylation sites (N-methyl/N-ethyl adjacent to an activating group) is 1. The fourth-order valence-electron chi connectivity index (χ4n) is 3.53. The molecule has 1 fully saturated rings. The van der Waals surface area contributed by atoms with Crippen molar-refractivity contribution in [2.45, 2.75) is 64.0 Å². The van der Waals surface area contributed by atoms with Gasteiger partial charge in [0.2, 0.25) is 0 Å². The van der Waals surface area contributed by atoms with Crippen molar-refractivity contribution in [2.75, 3.05) is 14.1 Å². The van der Waals surface area contributed by atoms with Gasteiger partial charge in [-0.1, -0.05) is 44.0 Å². The second-order valence-corrected chi connectivity index (χ2v) is 8.08. The Hall–Kier alpha value is -1.10. The van der Waals surface area contributed by atoms with E-state index in [1.165, 1.54) is 38.2 Å². The molecule has 2 atom stereocenters. The van der Waals surface area contributed by atoms with Crippen LogP contribution in [-0.2, 0) is 10.2 Å². The summed E-state index contributed by atoms with van der Waals surface area (Å²) in [5.41, 5.74) is 1.82. The molecule has 1 aliphatic rings. The fourth-order valence-corrected chi connectivity index (χ4v) is 3.66. The zero-order valence-corrected chi connectivity index (χ0v) is 16.8. The zero-order chi connectivity index (χ0) is 19.2. The van der Waals surface area contributed by atoms with Crippen LogP contribution in [0.25, 0.3) is 0 Å². The zero-order valence-electron chi connectivity index (χ0n) is 16.0. The van der Waals surface area contributed by atoms with Crippen molar-refractivity contribution in [1.82, 2.24) is 4.90 Å². The lowest BCUT2D eigenvalue weighted by Crippen LogP contribution is -2.52. The third-order valence-corrected chi connectivity index (χ3v) is 5.23. The average Bonchev–Trinajstić information content (AvgIpc) is 2.47. The number of carbonyl (C=O) groups is 1. The molecule has 0 amide bonds. The summed E-state index contributed by atoms with van der Waals surface area (Å²) in [6.07, 6.45) is 4.00. The Labute approximate surface area is 156 Å². The molecule has 0 radical (unpaired) electrons. The predicted molar refractivity (Wildman–Crippen MR) is 103 cm³/mol. The van der Waals surface area contributed by atoms with E-state index in [1.54, 1.807) is 0 Å². The number of carboxylic acid groups (broad SMARTS) is 1. The van der Waals surface area contributed by atoms with Gasteiger partial charge >= 0.3 is 5.97 Å². The van der Waals surface area contributed by atoms with E-state index in [2.05, 4.69) is 45.0 Å². The highest BCUT2D eigenvalue weighted by atomic mass is 35.5. The van der Waals surface area contributed by atoms with E-state index in [0.29, 0.717) is 11.5 Å². The highest BCUT2D eigenvalue weighted by molar-refractivity contribution is 6.30. The number of nitrogens with zero attached hydrogens (tertiary/aromatic N) is 1. The number of hydrogen-bond donors (Lipinski definition) is 2. The topological polar surface area (TPSA) is 60.8 Å². The normalized spacial score (nSPS) is 18.1. The summed E-state index contributed by atoms with van der Waals surface area (Å²) in [4.78, 5) is 11.9. The number of aliphatic hydroxyl groups is 1. The van der Waals surface area contributed by atoms with Crippen molar-refractivity contribution in [3.05, 3.63) is 34.9 Å². The van der Waals surface area contributed by atoms with Gasteiger partial charge in [-0.15, -0.1) is 0 Å². The van der Waals surface area contributed by atoms with Crippen LogP contribution in [0.2, 0.25) is 5.02 Å². The molecule has 4 nitrogen and oxygen atoms in total. The molecule has 0 spiro atoms. The third kappa shape index (κ3) is 5.98. The summed E-state index contributed by atoms with van der Waals surface area (Å²) >= 11 is 6.04. The lowest BCUT2D eigenvalue weighted by atomic mass is 9.58. The maximum Gasteiger partial charge on any atom is 0.332 e. The molecular weight excluding hydrogens is 338 g/mol. The maximum absolute atomic E-state index is 9.45. The van der Waals surface area contributed by atoms with Crippen molar-refractivity contribution >= 4 is 17.6 Å². The van der Waals surface area contributed by atoms with E-state index in [4.69, 9.17) is 21.8 Å². The second kappa shape index (κ2) is 9.56. The monoisotopic (exact) mass is 369 g/mol. The molecule has 1 aromatic carbocycles. The van der Waals surface area contributed by atoms with Crippen LogP contribution in [0.15, 0.2) is 24.3 Å². The van der Waals surface area contributed by atoms with E-state index in [1.807, 2.05) is 12.1 Å². The van der Waals surface area contributed by atoms with Gasteiger partial charge in [0.05, 0.1) is 0 Å². The SMILES string of the molecule is CC(C)CC(N(C)C)C1(c2ccc(Cl)cc2)CCC1.CC(O)C(=O)O. The van der Waals surface area contributed by atoms with E-state index < -0.39 is 12.1 Å². The minimum atomic E-state index is -1.23. The first kappa shape index (κ1) is 21.9. The standard InChI is InChI=1S/C17H26ClN.C3H6O3/c1-13(2)12-16(19(3)4)17(10-5-11-17)14-6-8-15(18)9-7-14;1-2(4)3(5)6/h6-9,13,16H,5,10-12H2,1-4H3;2,4H,1H3,(H,5,6). The van der Waals surface area contributed by atoms with Gasteiger partial charge in [-0.25, -0.2) is 4.79 Å². The maximum atomic E-state index is 9.45. The van der Waals surface area contributed by atoms with Gasteiger partial charge in [0.15, 0.2) is 0 Å². The molecule has 0 heterocycles. The van der Waals surface area contributed by atoms with Gasteiger partial charge in [0, 0.05) is 16.5 Å². The van der Waals surface area contributed by atoms with Crippen molar-refractivity contribution < 1.29 is 15.0 Å². The molecule has 0 aliphatic heterocycles. The molecule has 1 aliphatic carbocycles. The Bertz CT molecular complexity index is 536. The Morgan fingerprint density at radius 1 is 1.20 bits per heavy atom. The summed E-state index contributed by atoms with van der Waals surface area (Å²) in [6.45, 7) is 5.85. The molecule has 1 saturated carbocycles. The number of carboxylic acids is 1. The first-order chi connectivity index (χ1) is 11.6. The minimum Gasteiger partial charge on any atom is -0.479 e. The van der Waals surface area contributed by atoms with Gasteiger partial charge < -0.3 is 15.1 Å². The van der Waals surface area contributed by atoms with Crippen molar-refractivity contribution in [1.29, 1.82) is 0 Å². The molecule has 142 valence electrons. The molecule has 0 aromatic heterocycles. The lowest BCUT2D eigenvalue weighted by Gasteiger charge is -2.51. The summed E-state index contributed by atoms with van der Waals surface area (Å²) in [5, 5.41) is 16.6. The van der Waals surface area contributed by atoms with Crippen LogP contribution < -0.4 is 0 Å². The number of aliphatic hydroxyl groups excluding tert-OH is 1. The number of hydrogen-bond acceptors (Lipinski definition) is 3. The van der Waals surface area contributed by atoms with Gasteiger partial charge in [0.1, 0.15) is 6.10 Å². The average molecular weight is 370 g/mol. The molecule has 2 N–H and O–H groups in total. The number of benzene rings is 1. The summed E-state index contributed by atoms with van der Waals surface area (Å²) < 4.78 is 0. The molecule has 0 saturated heterocycles. The molecule has 2 unspecified atom stereocenters. The van der Waals surface area contributed by atoms with Crippen LogP contribution in [0.3, 0.4) is 0 Å². The predicted octanol–water partition coefficient (Wildman–Crippen LogP) is 4.19. The van der Waals surface area contributed by atoms with E-state index in [-0.39, 0.29) is 0 Å². The molecule has 2 rings (SSSR count). The molecule has 25 heavy (non-hydrogen) atoms. The Morgan fingerprint density at radius 3 is 1.96 bits per heavy atom. The number of aliphatic carboxylic acids is 1. The Morgan fingerprint density at radius 2 is 1.68 bits per heavy atom. The number of halogens is 1. The highest BCUT2D eigenvalue weighted by Gasteiger charge is 2.46. The van der Waals surface area contributed by atoms with Crippen LogP contribution in [0.5, 0.6) is 0 Å². The van der Waals surface area contributed by atoms with Crippen LogP contribution in [0.4, 0.5) is 0 Å². The molecular formula is C20H32ClNO3. The van der Waals surface area contributed by atoms with Crippen molar-refractivity contribution in [3.8, 4) is 0 Å².